The predicted molar refractivity (Wildman–Crippen MR) is 126 cm³/mol. The summed E-state index contributed by atoms with van der Waals surface area (Å²) in [6, 6.07) is 14.1. The highest BCUT2D eigenvalue weighted by atomic mass is 35.5. The number of nitrogens with one attached hydrogen (secondary N) is 3. The molecular formula is C24H29ClN4O3. The van der Waals surface area contributed by atoms with E-state index in [4.69, 9.17) is 11.6 Å². The van der Waals surface area contributed by atoms with Crippen molar-refractivity contribution in [3.8, 4) is 0 Å². The van der Waals surface area contributed by atoms with Crippen LogP contribution in [0.25, 0.3) is 0 Å². The number of urea groups is 1. The first-order valence-electron chi connectivity index (χ1n) is 10.8. The number of halogens is 1. The Labute approximate surface area is 193 Å². The molecule has 1 heterocycles. The SMILES string of the molecule is CC(=O)c1cccc(NC(=O)NCC(=O)NCC2CCN(Cc3ccc(Cl)cc3)CC2)c1. The molecular weight excluding hydrogens is 428 g/mol. The monoisotopic (exact) mass is 456 g/mol. The zero-order valence-corrected chi connectivity index (χ0v) is 19.0. The molecule has 1 fully saturated rings. The molecule has 8 heteroatoms. The topological polar surface area (TPSA) is 90.5 Å². The summed E-state index contributed by atoms with van der Waals surface area (Å²) in [7, 11) is 0. The van der Waals surface area contributed by atoms with Crippen molar-refractivity contribution in [1.29, 1.82) is 0 Å². The van der Waals surface area contributed by atoms with E-state index < -0.39 is 6.03 Å². The summed E-state index contributed by atoms with van der Waals surface area (Å²) in [6.07, 6.45) is 2.04. The van der Waals surface area contributed by atoms with Crippen molar-refractivity contribution in [1.82, 2.24) is 15.5 Å². The van der Waals surface area contributed by atoms with Crippen molar-refractivity contribution < 1.29 is 14.4 Å². The molecule has 0 aromatic heterocycles. The minimum absolute atomic E-state index is 0.0794. The molecule has 0 spiro atoms. The number of hydrogen-bond acceptors (Lipinski definition) is 4. The maximum Gasteiger partial charge on any atom is 0.319 e. The lowest BCUT2D eigenvalue weighted by molar-refractivity contribution is -0.120. The molecule has 3 amide bonds. The Kier molecular flexibility index (Phi) is 8.64. The van der Waals surface area contributed by atoms with Crippen LogP contribution in [-0.2, 0) is 11.3 Å². The second kappa shape index (κ2) is 11.6. The van der Waals surface area contributed by atoms with Gasteiger partial charge in [-0.3, -0.25) is 14.5 Å². The van der Waals surface area contributed by atoms with Gasteiger partial charge in [0.15, 0.2) is 5.78 Å². The van der Waals surface area contributed by atoms with Crippen molar-refractivity contribution in [3.05, 3.63) is 64.7 Å². The normalized spacial score (nSPS) is 14.6. The number of hydrogen-bond donors (Lipinski definition) is 3. The van der Waals surface area contributed by atoms with Gasteiger partial charge in [0.2, 0.25) is 5.91 Å². The minimum Gasteiger partial charge on any atom is -0.354 e. The molecule has 0 saturated carbocycles. The first-order chi connectivity index (χ1) is 15.4. The quantitative estimate of drug-likeness (QED) is 0.528. The van der Waals surface area contributed by atoms with Crippen LogP contribution in [0, 0.1) is 5.92 Å². The van der Waals surface area contributed by atoms with Gasteiger partial charge < -0.3 is 16.0 Å². The number of Topliss-reactive ketones (excluding diaryl/α,β-unsaturated/α-hetero) is 1. The van der Waals surface area contributed by atoms with E-state index in [2.05, 4.69) is 33.0 Å². The number of rotatable bonds is 8. The Morgan fingerprint density at radius 3 is 2.44 bits per heavy atom. The molecule has 0 atom stereocenters. The van der Waals surface area contributed by atoms with E-state index in [0.717, 1.165) is 37.5 Å². The highest BCUT2D eigenvalue weighted by Crippen LogP contribution is 2.19. The Balaban J connectivity index is 1.31. The summed E-state index contributed by atoms with van der Waals surface area (Å²) in [4.78, 5) is 37.9. The number of anilines is 1. The number of carbonyl (C=O) groups is 3. The lowest BCUT2D eigenvalue weighted by atomic mass is 9.96. The average molecular weight is 457 g/mol. The van der Waals surface area contributed by atoms with Crippen LogP contribution in [0.5, 0.6) is 0 Å². The van der Waals surface area contributed by atoms with Gasteiger partial charge in [-0.15, -0.1) is 0 Å². The largest absolute Gasteiger partial charge is 0.354 e. The molecule has 32 heavy (non-hydrogen) atoms. The smallest absolute Gasteiger partial charge is 0.319 e. The van der Waals surface area contributed by atoms with E-state index >= 15 is 0 Å². The number of likely N-dealkylation sites (tertiary alicyclic amines) is 1. The molecule has 3 N–H and O–H groups in total. The zero-order valence-electron chi connectivity index (χ0n) is 18.2. The fourth-order valence-corrected chi connectivity index (χ4v) is 3.80. The van der Waals surface area contributed by atoms with Gasteiger partial charge in [-0.2, -0.15) is 0 Å². The van der Waals surface area contributed by atoms with Crippen LogP contribution in [0.15, 0.2) is 48.5 Å². The standard InChI is InChI=1S/C24H29ClN4O3/c1-17(30)20-3-2-4-22(13-20)28-24(32)27-15-23(31)26-14-18-9-11-29(12-10-18)16-19-5-7-21(25)8-6-19/h2-8,13,18H,9-12,14-16H2,1H3,(H,26,31)(H2,27,28,32). The molecule has 3 rings (SSSR count). The maximum absolute atomic E-state index is 12.1. The zero-order chi connectivity index (χ0) is 22.9. The van der Waals surface area contributed by atoms with Gasteiger partial charge in [0.1, 0.15) is 0 Å². The van der Waals surface area contributed by atoms with Crippen LogP contribution in [0.2, 0.25) is 5.02 Å². The van der Waals surface area contributed by atoms with Crippen LogP contribution >= 0.6 is 11.6 Å². The van der Waals surface area contributed by atoms with E-state index in [0.29, 0.717) is 23.7 Å². The molecule has 2 aromatic carbocycles. The van der Waals surface area contributed by atoms with Gasteiger partial charge in [-0.25, -0.2) is 4.79 Å². The Morgan fingerprint density at radius 2 is 1.75 bits per heavy atom. The van der Waals surface area contributed by atoms with E-state index in [-0.39, 0.29) is 18.2 Å². The number of amides is 3. The maximum atomic E-state index is 12.1. The molecule has 1 aliphatic rings. The Hall–Kier alpha value is -2.90. The van der Waals surface area contributed by atoms with Gasteiger partial charge >= 0.3 is 6.03 Å². The molecule has 2 aromatic rings. The summed E-state index contributed by atoms with van der Waals surface area (Å²) >= 11 is 5.94. The summed E-state index contributed by atoms with van der Waals surface area (Å²) in [5.74, 6) is 0.133. The lowest BCUT2D eigenvalue weighted by Crippen LogP contribution is -2.42. The highest BCUT2D eigenvalue weighted by molar-refractivity contribution is 6.30. The molecule has 170 valence electrons. The fourth-order valence-electron chi connectivity index (χ4n) is 3.67. The van der Waals surface area contributed by atoms with Crippen LogP contribution in [0.3, 0.4) is 0 Å². The second-order valence-electron chi connectivity index (χ2n) is 8.09. The average Bonchev–Trinajstić information content (AvgIpc) is 2.79. The molecule has 0 radical (unpaired) electrons. The first-order valence-corrected chi connectivity index (χ1v) is 11.2. The second-order valence-corrected chi connectivity index (χ2v) is 8.53. The number of benzene rings is 2. The third kappa shape index (κ3) is 7.66. The fraction of sp³-hybridized carbons (Fsp3) is 0.375. The van der Waals surface area contributed by atoms with Crippen molar-refractivity contribution >= 4 is 35.0 Å². The molecule has 0 unspecified atom stereocenters. The third-order valence-electron chi connectivity index (χ3n) is 5.55. The summed E-state index contributed by atoms with van der Waals surface area (Å²) in [6.45, 7) is 4.86. The van der Waals surface area contributed by atoms with Gasteiger partial charge in [0.25, 0.3) is 0 Å². The molecule has 7 nitrogen and oxygen atoms in total. The van der Waals surface area contributed by atoms with Crippen LogP contribution in [-0.4, -0.2) is 48.8 Å². The Morgan fingerprint density at radius 1 is 1.03 bits per heavy atom. The first kappa shape index (κ1) is 23.8. The number of nitrogens with zero attached hydrogens (tertiary/aromatic N) is 1. The molecule has 1 aliphatic heterocycles. The lowest BCUT2D eigenvalue weighted by Gasteiger charge is -2.32. The van der Waals surface area contributed by atoms with Gasteiger partial charge in [0, 0.05) is 29.4 Å². The van der Waals surface area contributed by atoms with Gasteiger partial charge in [0.05, 0.1) is 6.54 Å². The summed E-state index contributed by atoms with van der Waals surface area (Å²) in [5, 5.41) is 8.83. The molecule has 0 bridgehead atoms. The molecule has 0 aliphatic carbocycles. The Bertz CT molecular complexity index is 941. The summed E-state index contributed by atoms with van der Waals surface area (Å²) < 4.78 is 0. The number of ketones is 1. The van der Waals surface area contributed by atoms with Crippen molar-refractivity contribution in [2.24, 2.45) is 5.92 Å². The van der Waals surface area contributed by atoms with E-state index in [1.54, 1.807) is 24.3 Å². The third-order valence-corrected chi connectivity index (χ3v) is 5.80. The highest BCUT2D eigenvalue weighted by Gasteiger charge is 2.20. The van der Waals surface area contributed by atoms with Crippen LogP contribution < -0.4 is 16.0 Å². The van der Waals surface area contributed by atoms with E-state index in [9.17, 15) is 14.4 Å². The van der Waals surface area contributed by atoms with Crippen molar-refractivity contribution in [2.45, 2.75) is 26.3 Å². The number of piperidine rings is 1. The van der Waals surface area contributed by atoms with Crippen LogP contribution in [0.4, 0.5) is 10.5 Å². The van der Waals surface area contributed by atoms with Crippen LogP contribution in [0.1, 0.15) is 35.7 Å². The number of carbonyl (C=O) groups excluding carboxylic acids is 3. The molecule has 1 saturated heterocycles. The van der Waals surface area contributed by atoms with Gasteiger partial charge in [-0.05, 0) is 68.6 Å². The minimum atomic E-state index is -0.489. The van der Waals surface area contributed by atoms with Crippen molar-refractivity contribution in [2.75, 3.05) is 31.5 Å². The van der Waals surface area contributed by atoms with Crippen molar-refractivity contribution in [3.63, 3.8) is 0 Å². The van der Waals surface area contributed by atoms with E-state index in [1.807, 2.05) is 12.1 Å². The predicted octanol–water partition coefficient (Wildman–Crippen LogP) is 3.69. The van der Waals surface area contributed by atoms with Gasteiger partial charge in [-0.1, -0.05) is 35.9 Å². The summed E-state index contributed by atoms with van der Waals surface area (Å²) in [5.41, 5.74) is 2.26. The van der Waals surface area contributed by atoms with E-state index in [1.165, 1.54) is 12.5 Å².